The first-order valence-corrected chi connectivity index (χ1v) is 6.25. The van der Waals surface area contributed by atoms with E-state index in [9.17, 15) is 0 Å². The quantitative estimate of drug-likeness (QED) is 0.712. The molecule has 88 valence electrons. The average molecular weight is 301 g/mol. The van der Waals surface area contributed by atoms with Crippen LogP contribution in [0, 0.1) is 0 Å². The number of benzene rings is 2. The summed E-state index contributed by atoms with van der Waals surface area (Å²) < 4.78 is 6.65. The fraction of sp³-hybridized carbons (Fsp3) is 0. The van der Waals surface area contributed by atoms with Gasteiger partial charge in [-0.2, -0.15) is 0 Å². The lowest BCUT2D eigenvalue weighted by Crippen LogP contribution is -1.89. The van der Waals surface area contributed by atoms with Crippen LogP contribution in [-0.4, -0.2) is 9.97 Å². The molecule has 1 heterocycles. The highest BCUT2D eigenvalue weighted by Gasteiger charge is 2.07. The van der Waals surface area contributed by atoms with Gasteiger partial charge in [-0.3, -0.25) is 0 Å². The van der Waals surface area contributed by atoms with E-state index in [0.29, 0.717) is 5.88 Å². The van der Waals surface area contributed by atoms with Gasteiger partial charge in [0.05, 0.1) is 4.47 Å². The van der Waals surface area contributed by atoms with E-state index < -0.39 is 0 Å². The van der Waals surface area contributed by atoms with Gasteiger partial charge in [0.1, 0.15) is 12.1 Å². The third-order valence-electron chi connectivity index (χ3n) is 2.60. The molecule has 0 N–H and O–H groups in total. The summed E-state index contributed by atoms with van der Waals surface area (Å²) >= 11 is 3.57. The third kappa shape index (κ3) is 2.07. The Morgan fingerprint density at radius 3 is 2.72 bits per heavy atom. The van der Waals surface area contributed by atoms with Crippen molar-refractivity contribution in [2.75, 3.05) is 0 Å². The summed E-state index contributed by atoms with van der Waals surface area (Å²) in [6.07, 6.45) is 3.11. The number of nitrogens with zero attached hydrogens (tertiary/aromatic N) is 2. The molecule has 0 atom stereocenters. The van der Waals surface area contributed by atoms with Gasteiger partial charge < -0.3 is 4.74 Å². The average Bonchev–Trinajstić information content (AvgIpc) is 2.43. The molecule has 0 radical (unpaired) electrons. The number of aromatic nitrogens is 2. The van der Waals surface area contributed by atoms with Crippen LogP contribution in [0.25, 0.3) is 10.8 Å². The lowest BCUT2D eigenvalue weighted by molar-refractivity contribution is 0.459. The predicted octanol–water partition coefficient (Wildman–Crippen LogP) is 4.18. The molecular formula is C14H9BrN2O. The second-order valence-electron chi connectivity index (χ2n) is 3.75. The van der Waals surface area contributed by atoms with Gasteiger partial charge in [-0.05, 0) is 32.8 Å². The summed E-state index contributed by atoms with van der Waals surface area (Å²) in [5, 5.41) is 2.28. The van der Waals surface area contributed by atoms with Crippen molar-refractivity contribution in [1.29, 1.82) is 0 Å². The molecule has 0 spiro atoms. The van der Waals surface area contributed by atoms with E-state index >= 15 is 0 Å². The highest BCUT2D eigenvalue weighted by Crippen LogP contribution is 2.34. The molecule has 0 fully saturated rings. The zero-order valence-electron chi connectivity index (χ0n) is 9.38. The monoisotopic (exact) mass is 300 g/mol. The minimum Gasteiger partial charge on any atom is -0.438 e. The Labute approximate surface area is 113 Å². The first kappa shape index (κ1) is 11.2. The molecule has 0 amide bonds. The number of halogens is 1. The molecule has 3 aromatic rings. The maximum absolute atomic E-state index is 5.72. The fourth-order valence-corrected chi connectivity index (χ4v) is 2.32. The number of fused-ring (bicyclic) bond motifs is 1. The van der Waals surface area contributed by atoms with Gasteiger partial charge in [0.2, 0.25) is 5.88 Å². The SMILES string of the molecule is Brc1c(Oc2ccncn2)ccc2ccccc12. The topological polar surface area (TPSA) is 35.0 Å². The zero-order valence-corrected chi connectivity index (χ0v) is 11.0. The van der Waals surface area contributed by atoms with Crippen molar-refractivity contribution in [3.05, 3.63) is 59.5 Å². The molecular weight excluding hydrogens is 292 g/mol. The summed E-state index contributed by atoms with van der Waals surface area (Å²) in [4.78, 5) is 7.90. The van der Waals surface area contributed by atoms with E-state index in [-0.39, 0.29) is 0 Å². The van der Waals surface area contributed by atoms with Gasteiger partial charge in [0.15, 0.2) is 0 Å². The van der Waals surface area contributed by atoms with Gasteiger partial charge in [0.25, 0.3) is 0 Å². The molecule has 0 aliphatic heterocycles. The standard InChI is InChI=1S/C14H9BrN2O/c15-14-11-4-2-1-3-10(11)5-6-12(14)18-13-7-8-16-9-17-13/h1-9H. The number of hydrogen-bond acceptors (Lipinski definition) is 3. The predicted molar refractivity (Wildman–Crippen MR) is 73.8 cm³/mol. The zero-order chi connectivity index (χ0) is 12.4. The van der Waals surface area contributed by atoms with Crippen LogP contribution in [0.2, 0.25) is 0 Å². The first-order chi connectivity index (χ1) is 8.84. The van der Waals surface area contributed by atoms with Crippen LogP contribution in [-0.2, 0) is 0 Å². The van der Waals surface area contributed by atoms with Crippen molar-refractivity contribution in [3.8, 4) is 11.6 Å². The Kier molecular flexibility index (Phi) is 2.94. The molecule has 0 saturated heterocycles. The Hall–Kier alpha value is -1.94. The maximum atomic E-state index is 5.72. The number of rotatable bonds is 2. The summed E-state index contributed by atoms with van der Waals surface area (Å²) in [5.41, 5.74) is 0. The van der Waals surface area contributed by atoms with Crippen molar-refractivity contribution in [3.63, 3.8) is 0 Å². The number of hydrogen-bond donors (Lipinski definition) is 0. The van der Waals surface area contributed by atoms with Gasteiger partial charge in [-0.25, -0.2) is 9.97 Å². The summed E-state index contributed by atoms with van der Waals surface area (Å²) in [6.45, 7) is 0. The van der Waals surface area contributed by atoms with Crippen LogP contribution < -0.4 is 4.74 Å². The molecule has 0 saturated carbocycles. The van der Waals surface area contributed by atoms with Crippen molar-refractivity contribution in [2.45, 2.75) is 0 Å². The summed E-state index contributed by atoms with van der Waals surface area (Å²) in [6, 6.07) is 13.8. The second-order valence-corrected chi connectivity index (χ2v) is 4.54. The molecule has 0 unspecified atom stereocenters. The highest BCUT2D eigenvalue weighted by molar-refractivity contribution is 9.10. The van der Waals surface area contributed by atoms with Gasteiger partial charge in [-0.15, -0.1) is 0 Å². The van der Waals surface area contributed by atoms with Gasteiger partial charge in [0, 0.05) is 12.3 Å². The van der Waals surface area contributed by atoms with Crippen LogP contribution in [0.15, 0.2) is 59.5 Å². The van der Waals surface area contributed by atoms with E-state index in [1.54, 1.807) is 12.3 Å². The molecule has 18 heavy (non-hydrogen) atoms. The molecule has 3 nitrogen and oxygen atoms in total. The largest absolute Gasteiger partial charge is 0.438 e. The van der Waals surface area contributed by atoms with Crippen LogP contribution in [0.3, 0.4) is 0 Å². The van der Waals surface area contributed by atoms with Crippen molar-refractivity contribution >= 4 is 26.7 Å². The fourth-order valence-electron chi connectivity index (χ4n) is 1.74. The van der Waals surface area contributed by atoms with Crippen LogP contribution in [0.1, 0.15) is 0 Å². The lowest BCUT2D eigenvalue weighted by Gasteiger charge is -2.08. The molecule has 2 aromatic carbocycles. The molecule has 0 aliphatic carbocycles. The third-order valence-corrected chi connectivity index (χ3v) is 3.42. The minimum atomic E-state index is 0.529. The van der Waals surface area contributed by atoms with Crippen molar-refractivity contribution in [2.24, 2.45) is 0 Å². The minimum absolute atomic E-state index is 0.529. The van der Waals surface area contributed by atoms with Crippen LogP contribution in [0.4, 0.5) is 0 Å². The molecule has 1 aromatic heterocycles. The van der Waals surface area contributed by atoms with Crippen LogP contribution >= 0.6 is 15.9 Å². The van der Waals surface area contributed by atoms with E-state index in [2.05, 4.69) is 32.0 Å². The molecule has 0 aliphatic rings. The van der Waals surface area contributed by atoms with Gasteiger partial charge in [-0.1, -0.05) is 30.3 Å². The Morgan fingerprint density at radius 1 is 1.00 bits per heavy atom. The Morgan fingerprint density at radius 2 is 1.89 bits per heavy atom. The summed E-state index contributed by atoms with van der Waals surface area (Å²) in [5.74, 6) is 1.27. The van der Waals surface area contributed by atoms with Crippen molar-refractivity contribution in [1.82, 2.24) is 9.97 Å². The van der Waals surface area contributed by atoms with E-state index in [1.807, 2.05) is 30.3 Å². The first-order valence-electron chi connectivity index (χ1n) is 5.46. The Balaban J connectivity index is 2.05. The molecule has 3 rings (SSSR count). The maximum Gasteiger partial charge on any atom is 0.222 e. The smallest absolute Gasteiger partial charge is 0.222 e. The molecule has 4 heteroatoms. The van der Waals surface area contributed by atoms with Gasteiger partial charge >= 0.3 is 0 Å². The summed E-state index contributed by atoms with van der Waals surface area (Å²) in [7, 11) is 0. The highest BCUT2D eigenvalue weighted by atomic mass is 79.9. The van der Waals surface area contributed by atoms with E-state index in [0.717, 1.165) is 15.6 Å². The normalized spacial score (nSPS) is 10.5. The van der Waals surface area contributed by atoms with Crippen LogP contribution in [0.5, 0.6) is 11.6 Å². The number of ether oxygens (including phenoxy) is 1. The molecule has 0 bridgehead atoms. The Bertz CT molecular complexity index is 686. The van der Waals surface area contributed by atoms with E-state index in [4.69, 9.17) is 4.74 Å². The van der Waals surface area contributed by atoms with E-state index in [1.165, 1.54) is 11.7 Å². The van der Waals surface area contributed by atoms with Crippen molar-refractivity contribution < 1.29 is 4.74 Å². The lowest BCUT2D eigenvalue weighted by atomic mass is 10.1. The second kappa shape index (κ2) is 4.74.